The molecule has 4 nitrogen and oxygen atoms in total. The maximum atomic E-state index is 11.1. The summed E-state index contributed by atoms with van der Waals surface area (Å²) in [6.45, 7) is 8.48. The molecule has 14 heavy (non-hydrogen) atoms. The second-order valence-corrected chi connectivity index (χ2v) is 4.64. The summed E-state index contributed by atoms with van der Waals surface area (Å²) in [6.07, 6.45) is 0. The number of rotatable bonds is 5. The fourth-order valence-corrected chi connectivity index (χ4v) is 0.879. The average Bonchev–Trinajstić information content (AvgIpc) is 2.01. The standard InChI is InChI=1S/C10H23N3O/c1-10(2,3)12-7-6-11-8-9(14)13(4)5/h11-12H,6-8H2,1-5H3. The molecule has 0 heterocycles. The van der Waals surface area contributed by atoms with E-state index in [9.17, 15) is 4.79 Å². The normalized spacial score (nSPS) is 11.5. The SMILES string of the molecule is CN(C)C(=O)CNCCNC(C)(C)C. The third-order valence-electron chi connectivity index (χ3n) is 1.73. The first-order valence-electron chi connectivity index (χ1n) is 4.99. The second-order valence-electron chi connectivity index (χ2n) is 4.64. The van der Waals surface area contributed by atoms with Gasteiger partial charge in [-0.2, -0.15) is 0 Å². The Hall–Kier alpha value is -0.610. The van der Waals surface area contributed by atoms with E-state index in [2.05, 4.69) is 31.4 Å². The number of hydrogen-bond acceptors (Lipinski definition) is 3. The van der Waals surface area contributed by atoms with E-state index in [1.807, 2.05) is 0 Å². The fraction of sp³-hybridized carbons (Fsp3) is 0.900. The lowest BCUT2D eigenvalue weighted by Gasteiger charge is -2.20. The lowest BCUT2D eigenvalue weighted by atomic mass is 10.1. The van der Waals surface area contributed by atoms with Crippen molar-refractivity contribution in [2.75, 3.05) is 33.7 Å². The minimum atomic E-state index is 0.112. The van der Waals surface area contributed by atoms with E-state index in [-0.39, 0.29) is 11.4 Å². The van der Waals surface area contributed by atoms with Crippen molar-refractivity contribution < 1.29 is 4.79 Å². The second kappa shape index (κ2) is 5.98. The first kappa shape index (κ1) is 13.4. The van der Waals surface area contributed by atoms with Crippen molar-refractivity contribution in [1.82, 2.24) is 15.5 Å². The summed E-state index contributed by atoms with van der Waals surface area (Å²) < 4.78 is 0. The molecule has 0 bridgehead atoms. The number of hydrogen-bond donors (Lipinski definition) is 2. The Bertz CT molecular complexity index is 173. The molecule has 0 aromatic carbocycles. The molecular weight excluding hydrogens is 178 g/mol. The zero-order valence-electron chi connectivity index (χ0n) is 9.98. The van der Waals surface area contributed by atoms with Gasteiger partial charge in [-0.1, -0.05) is 0 Å². The number of nitrogens with one attached hydrogen (secondary N) is 2. The quantitative estimate of drug-likeness (QED) is 0.618. The monoisotopic (exact) mass is 201 g/mol. The van der Waals surface area contributed by atoms with Crippen LogP contribution in [0, 0.1) is 0 Å². The van der Waals surface area contributed by atoms with Crippen LogP contribution in [-0.4, -0.2) is 50.1 Å². The van der Waals surface area contributed by atoms with Crippen molar-refractivity contribution in [3.63, 3.8) is 0 Å². The van der Waals surface area contributed by atoms with Crippen LogP contribution < -0.4 is 10.6 Å². The van der Waals surface area contributed by atoms with Crippen LogP contribution in [0.2, 0.25) is 0 Å². The summed E-state index contributed by atoms with van der Waals surface area (Å²) in [4.78, 5) is 12.7. The molecule has 0 rings (SSSR count). The Balaban J connectivity index is 3.35. The van der Waals surface area contributed by atoms with Crippen LogP contribution in [0.1, 0.15) is 20.8 Å². The maximum Gasteiger partial charge on any atom is 0.236 e. The minimum absolute atomic E-state index is 0.112. The van der Waals surface area contributed by atoms with Gasteiger partial charge in [0, 0.05) is 32.7 Å². The molecule has 0 aromatic rings. The predicted molar refractivity (Wildman–Crippen MR) is 59.3 cm³/mol. The van der Waals surface area contributed by atoms with Gasteiger partial charge in [0.25, 0.3) is 0 Å². The first-order valence-corrected chi connectivity index (χ1v) is 4.99. The van der Waals surface area contributed by atoms with Gasteiger partial charge in [-0.25, -0.2) is 0 Å². The molecule has 0 aliphatic carbocycles. The summed E-state index contributed by atoms with van der Waals surface area (Å²) >= 11 is 0. The van der Waals surface area contributed by atoms with Gasteiger partial charge < -0.3 is 15.5 Å². The highest BCUT2D eigenvalue weighted by atomic mass is 16.2. The van der Waals surface area contributed by atoms with Gasteiger partial charge >= 0.3 is 0 Å². The highest BCUT2D eigenvalue weighted by molar-refractivity contribution is 5.77. The summed E-state index contributed by atoms with van der Waals surface area (Å²) in [5.74, 6) is 0.112. The van der Waals surface area contributed by atoms with E-state index in [0.29, 0.717) is 6.54 Å². The predicted octanol–water partition coefficient (Wildman–Crippen LogP) is 0.0523. The van der Waals surface area contributed by atoms with Gasteiger partial charge in [0.2, 0.25) is 5.91 Å². The molecule has 2 N–H and O–H groups in total. The molecule has 84 valence electrons. The van der Waals surface area contributed by atoms with Gasteiger partial charge in [0.15, 0.2) is 0 Å². The van der Waals surface area contributed by atoms with Crippen LogP contribution in [0.4, 0.5) is 0 Å². The molecule has 1 amide bonds. The van der Waals surface area contributed by atoms with Crippen molar-refractivity contribution >= 4 is 5.91 Å². The minimum Gasteiger partial charge on any atom is -0.348 e. The van der Waals surface area contributed by atoms with Gasteiger partial charge in [-0.3, -0.25) is 4.79 Å². The van der Waals surface area contributed by atoms with E-state index in [4.69, 9.17) is 0 Å². The molecule has 0 saturated heterocycles. The number of carbonyl (C=O) groups is 1. The molecule has 0 unspecified atom stereocenters. The molecule has 0 fully saturated rings. The van der Waals surface area contributed by atoms with Crippen molar-refractivity contribution in [3.05, 3.63) is 0 Å². The van der Waals surface area contributed by atoms with Crippen LogP contribution in [0.15, 0.2) is 0 Å². The Morgan fingerprint density at radius 3 is 2.21 bits per heavy atom. The Kier molecular flexibility index (Phi) is 5.72. The van der Waals surface area contributed by atoms with Crippen molar-refractivity contribution in [2.45, 2.75) is 26.3 Å². The van der Waals surface area contributed by atoms with Crippen LogP contribution in [0.5, 0.6) is 0 Å². The van der Waals surface area contributed by atoms with Crippen LogP contribution >= 0.6 is 0 Å². The van der Waals surface area contributed by atoms with Crippen molar-refractivity contribution in [2.24, 2.45) is 0 Å². The van der Waals surface area contributed by atoms with Crippen LogP contribution in [0.3, 0.4) is 0 Å². The van der Waals surface area contributed by atoms with E-state index in [1.54, 1.807) is 19.0 Å². The molecule has 0 saturated carbocycles. The summed E-state index contributed by atoms with van der Waals surface area (Å²) in [5.41, 5.74) is 0.146. The lowest BCUT2D eigenvalue weighted by Crippen LogP contribution is -2.42. The van der Waals surface area contributed by atoms with Gasteiger partial charge in [0.05, 0.1) is 6.54 Å². The molecule has 0 radical (unpaired) electrons. The van der Waals surface area contributed by atoms with E-state index >= 15 is 0 Å². The fourth-order valence-electron chi connectivity index (χ4n) is 0.879. The number of likely N-dealkylation sites (N-methyl/N-ethyl adjacent to an activating group) is 1. The van der Waals surface area contributed by atoms with Crippen molar-refractivity contribution in [1.29, 1.82) is 0 Å². The van der Waals surface area contributed by atoms with E-state index in [0.717, 1.165) is 13.1 Å². The number of amides is 1. The summed E-state index contributed by atoms with van der Waals surface area (Å²) in [5, 5.41) is 6.42. The zero-order valence-corrected chi connectivity index (χ0v) is 9.98. The molecule has 0 aliphatic rings. The summed E-state index contributed by atoms with van der Waals surface area (Å²) in [7, 11) is 3.52. The number of carbonyl (C=O) groups excluding carboxylic acids is 1. The molecule has 4 heteroatoms. The summed E-state index contributed by atoms with van der Waals surface area (Å²) in [6, 6.07) is 0. The molecule has 0 aliphatic heterocycles. The highest BCUT2D eigenvalue weighted by Crippen LogP contribution is 1.96. The zero-order chi connectivity index (χ0) is 11.2. The Labute approximate surface area is 87.0 Å². The molecule has 0 spiro atoms. The lowest BCUT2D eigenvalue weighted by molar-refractivity contribution is -0.127. The Morgan fingerprint density at radius 2 is 1.79 bits per heavy atom. The third-order valence-corrected chi connectivity index (χ3v) is 1.73. The third kappa shape index (κ3) is 8.01. The van der Waals surface area contributed by atoms with Crippen molar-refractivity contribution in [3.8, 4) is 0 Å². The highest BCUT2D eigenvalue weighted by Gasteiger charge is 2.07. The first-order chi connectivity index (χ1) is 6.33. The van der Waals surface area contributed by atoms with Gasteiger partial charge in [-0.15, -0.1) is 0 Å². The smallest absolute Gasteiger partial charge is 0.236 e. The van der Waals surface area contributed by atoms with Gasteiger partial charge in [-0.05, 0) is 20.8 Å². The number of nitrogens with zero attached hydrogens (tertiary/aromatic N) is 1. The molecular formula is C10H23N3O. The average molecular weight is 201 g/mol. The maximum absolute atomic E-state index is 11.1. The van der Waals surface area contributed by atoms with E-state index < -0.39 is 0 Å². The Morgan fingerprint density at radius 1 is 1.21 bits per heavy atom. The van der Waals surface area contributed by atoms with Crippen LogP contribution in [-0.2, 0) is 4.79 Å². The topological polar surface area (TPSA) is 44.4 Å². The molecule has 0 atom stereocenters. The molecule has 0 aromatic heterocycles. The van der Waals surface area contributed by atoms with Gasteiger partial charge in [0.1, 0.15) is 0 Å². The van der Waals surface area contributed by atoms with Crippen LogP contribution in [0.25, 0.3) is 0 Å². The van der Waals surface area contributed by atoms with E-state index in [1.165, 1.54) is 0 Å². The largest absolute Gasteiger partial charge is 0.348 e.